The molecule has 128 valence electrons. The number of hydrogen-bond acceptors (Lipinski definition) is 4. The third-order valence-electron chi connectivity index (χ3n) is 3.40. The van der Waals surface area contributed by atoms with Gasteiger partial charge in [-0.05, 0) is 42.5 Å². The highest BCUT2D eigenvalue weighted by Crippen LogP contribution is 2.09. The molecule has 2 aromatic rings. The lowest BCUT2D eigenvalue weighted by Crippen LogP contribution is -1.99. The van der Waals surface area contributed by atoms with Crippen LogP contribution >= 0.6 is 0 Å². The molecule has 0 atom stereocenters. The average molecular weight is 342 g/mol. The number of hydrogen-bond donors (Lipinski definition) is 0. The first kappa shape index (κ1) is 18.7. The molecule has 4 nitrogen and oxygen atoms in total. The zero-order valence-corrected chi connectivity index (χ0v) is 14.2. The summed E-state index contributed by atoms with van der Waals surface area (Å²) in [6, 6.07) is 12.0. The van der Waals surface area contributed by atoms with E-state index in [2.05, 4.69) is 23.1 Å². The first-order valence-corrected chi connectivity index (χ1v) is 7.91. The lowest BCUT2D eigenvalue weighted by atomic mass is 10.0. The Balaban J connectivity index is 2.06. The monoisotopic (exact) mass is 342 g/mol. The number of aliphatic imine (C=N–C) groups is 1. The Labute approximate surface area is 152 Å². The summed E-state index contributed by atoms with van der Waals surface area (Å²) >= 11 is 0. The minimum Gasteiger partial charge on any atom is -0.289 e. The molecule has 0 bridgehead atoms. The molecule has 0 saturated heterocycles. The second-order valence-electron chi connectivity index (χ2n) is 5.17. The number of carbonyl (C=O) groups is 2. The van der Waals surface area contributed by atoms with Crippen molar-refractivity contribution in [3.8, 4) is 0 Å². The van der Waals surface area contributed by atoms with Gasteiger partial charge >= 0.3 is 0 Å². The van der Waals surface area contributed by atoms with Gasteiger partial charge in [-0.3, -0.25) is 19.6 Å². The fraction of sp³-hybridized carbons (Fsp3) is 0. The molecule has 0 unspecified atom stereocenters. The van der Waals surface area contributed by atoms with E-state index in [0.29, 0.717) is 22.5 Å². The normalized spacial score (nSPS) is 11.6. The fourth-order valence-electron chi connectivity index (χ4n) is 2.06. The summed E-state index contributed by atoms with van der Waals surface area (Å²) in [5.74, 6) is -0.344. The number of nitrogens with zero attached hydrogens (tertiary/aromatic N) is 2. The third-order valence-corrected chi connectivity index (χ3v) is 3.40. The third kappa shape index (κ3) is 5.46. The Morgan fingerprint density at radius 2 is 1.54 bits per heavy atom. The van der Waals surface area contributed by atoms with E-state index in [-0.39, 0.29) is 11.6 Å². The Kier molecular flexibility index (Phi) is 6.89. The lowest BCUT2D eigenvalue weighted by molar-refractivity contribution is 0.103. The van der Waals surface area contributed by atoms with Crippen molar-refractivity contribution >= 4 is 23.4 Å². The van der Waals surface area contributed by atoms with Gasteiger partial charge in [-0.25, -0.2) is 0 Å². The molecule has 0 aliphatic carbocycles. The van der Waals surface area contributed by atoms with Gasteiger partial charge in [0.15, 0.2) is 11.6 Å². The molecule has 1 heterocycles. The van der Waals surface area contributed by atoms with E-state index >= 15 is 0 Å². The van der Waals surface area contributed by atoms with Crippen molar-refractivity contribution in [2.45, 2.75) is 0 Å². The number of allylic oxidation sites excluding steroid dienone is 4. The standard InChI is InChI=1S/C22H18N2O2/c1-3-19(23-4-2)12-14-21(25)17-8-10-18(11-9-17)22(26)15-13-20-7-5-6-16-24-20/h3-16H,1-2H2/b14-12+,15-13+,23-19+. The van der Waals surface area contributed by atoms with Crippen LogP contribution in [0.2, 0.25) is 0 Å². The van der Waals surface area contributed by atoms with Gasteiger partial charge in [0.05, 0.1) is 11.4 Å². The molecular formula is C22H18N2O2. The highest BCUT2D eigenvalue weighted by Gasteiger charge is 2.05. The van der Waals surface area contributed by atoms with Crippen molar-refractivity contribution in [3.05, 3.63) is 109 Å². The van der Waals surface area contributed by atoms with Gasteiger partial charge in [0.1, 0.15) is 0 Å². The van der Waals surface area contributed by atoms with Crippen LogP contribution in [0.1, 0.15) is 26.4 Å². The van der Waals surface area contributed by atoms with Crippen molar-refractivity contribution in [1.29, 1.82) is 0 Å². The number of rotatable bonds is 8. The summed E-state index contributed by atoms with van der Waals surface area (Å²) in [4.78, 5) is 32.4. The summed E-state index contributed by atoms with van der Waals surface area (Å²) in [6.45, 7) is 7.11. The molecule has 0 aliphatic rings. The van der Waals surface area contributed by atoms with Crippen LogP contribution in [-0.4, -0.2) is 22.3 Å². The highest BCUT2D eigenvalue weighted by atomic mass is 16.1. The van der Waals surface area contributed by atoms with E-state index in [0.717, 1.165) is 0 Å². The number of pyridine rings is 1. The molecule has 0 radical (unpaired) electrons. The Bertz CT molecular complexity index is 889. The maximum absolute atomic E-state index is 12.2. The molecule has 0 spiro atoms. The Morgan fingerprint density at radius 1 is 0.885 bits per heavy atom. The van der Waals surface area contributed by atoms with Crippen LogP contribution in [0.3, 0.4) is 0 Å². The van der Waals surface area contributed by atoms with Gasteiger partial charge < -0.3 is 0 Å². The number of carbonyl (C=O) groups excluding carboxylic acids is 2. The highest BCUT2D eigenvalue weighted by molar-refractivity contribution is 6.12. The van der Waals surface area contributed by atoms with E-state index in [9.17, 15) is 9.59 Å². The van der Waals surface area contributed by atoms with E-state index in [1.165, 1.54) is 24.4 Å². The summed E-state index contributed by atoms with van der Waals surface area (Å²) < 4.78 is 0. The van der Waals surface area contributed by atoms with Gasteiger partial charge in [0.2, 0.25) is 0 Å². The van der Waals surface area contributed by atoms with E-state index in [1.807, 2.05) is 18.2 Å². The second-order valence-corrected chi connectivity index (χ2v) is 5.17. The summed E-state index contributed by atoms with van der Waals surface area (Å²) in [5, 5.41) is 0. The molecule has 2 rings (SSSR count). The predicted molar refractivity (Wildman–Crippen MR) is 105 cm³/mol. The van der Waals surface area contributed by atoms with Crippen LogP contribution in [0.15, 0.2) is 97.3 Å². The van der Waals surface area contributed by atoms with Crippen LogP contribution in [-0.2, 0) is 0 Å². The van der Waals surface area contributed by atoms with Crippen molar-refractivity contribution < 1.29 is 9.59 Å². The van der Waals surface area contributed by atoms with Crippen LogP contribution in [0.25, 0.3) is 6.08 Å². The SMILES string of the molecule is C=C/N=C(C=C)/C=C/C(=O)c1ccc(C(=O)/C=C/c2ccccn2)cc1. The number of aromatic nitrogens is 1. The van der Waals surface area contributed by atoms with Crippen molar-refractivity contribution in [2.75, 3.05) is 0 Å². The van der Waals surface area contributed by atoms with Crippen LogP contribution in [0.4, 0.5) is 0 Å². The van der Waals surface area contributed by atoms with Crippen LogP contribution in [0.5, 0.6) is 0 Å². The van der Waals surface area contributed by atoms with Gasteiger partial charge in [-0.2, -0.15) is 0 Å². The van der Waals surface area contributed by atoms with Gasteiger partial charge in [-0.1, -0.05) is 43.5 Å². The zero-order chi connectivity index (χ0) is 18.8. The molecular weight excluding hydrogens is 324 g/mol. The smallest absolute Gasteiger partial charge is 0.185 e. The Hall–Kier alpha value is -3.66. The molecule has 0 saturated carbocycles. The maximum Gasteiger partial charge on any atom is 0.185 e. The van der Waals surface area contributed by atoms with Crippen molar-refractivity contribution in [3.63, 3.8) is 0 Å². The molecule has 0 amide bonds. The Morgan fingerprint density at radius 3 is 2.08 bits per heavy atom. The topological polar surface area (TPSA) is 59.4 Å². The second kappa shape index (κ2) is 9.59. The van der Waals surface area contributed by atoms with E-state index in [1.54, 1.807) is 42.6 Å². The molecule has 4 heteroatoms. The molecule has 0 fully saturated rings. The molecule has 0 N–H and O–H groups in total. The minimum atomic E-state index is -0.188. The van der Waals surface area contributed by atoms with E-state index in [4.69, 9.17) is 0 Å². The molecule has 0 aliphatic heterocycles. The maximum atomic E-state index is 12.2. The summed E-state index contributed by atoms with van der Waals surface area (Å²) in [6.07, 6.45) is 10.6. The average Bonchev–Trinajstić information content (AvgIpc) is 2.70. The van der Waals surface area contributed by atoms with Crippen LogP contribution in [0, 0.1) is 0 Å². The quantitative estimate of drug-likeness (QED) is 0.403. The zero-order valence-electron chi connectivity index (χ0n) is 14.2. The first-order chi connectivity index (χ1) is 12.6. The van der Waals surface area contributed by atoms with Crippen molar-refractivity contribution in [1.82, 2.24) is 4.98 Å². The van der Waals surface area contributed by atoms with Gasteiger partial charge in [0.25, 0.3) is 0 Å². The number of benzene rings is 1. The fourth-order valence-corrected chi connectivity index (χ4v) is 2.06. The first-order valence-electron chi connectivity index (χ1n) is 7.91. The molecule has 26 heavy (non-hydrogen) atoms. The van der Waals surface area contributed by atoms with E-state index < -0.39 is 0 Å². The van der Waals surface area contributed by atoms with Crippen LogP contribution < -0.4 is 0 Å². The van der Waals surface area contributed by atoms with Crippen molar-refractivity contribution in [2.24, 2.45) is 4.99 Å². The summed E-state index contributed by atoms with van der Waals surface area (Å²) in [7, 11) is 0. The molecule has 1 aromatic heterocycles. The number of ketones is 2. The predicted octanol–water partition coefficient (Wildman–Crippen LogP) is 4.49. The summed E-state index contributed by atoms with van der Waals surface area (Å²) in [5.41, 5.74) is 2.23. The molecule has 1 aromatic carbocycles. The van der Waals surface area contributed by atoms with Gasteiger partial charge in [0, 0.05) is 23.5 Å². The van der Waals surface area contributed by atoms with Gasteiger partial charge in [-0.15, -0.1) is 0 Å². The lowest BCUT2D eigenvalue weighted by Gasteiger charge is -1.99. The minimum absolute atomic E-state index is 0.155. The largest absolute Gasteiger partial charge is 0.289 e.